The molecule has 0 radical (unpaired) electrons. The molecule has 3 rings (SSSR count). The molecule has 0 spiro atoms. The standard InChI is InChI=1S/C13H24N2S/c1-9-5-11(8-16-9)15-6-10-3-2-4-13(14)12(10)7-15/h9-13H,2-8,14H2,1H3. The summed E-state index contributed by atoms with van der Waals surface area (Å²) in [6.45, 7) is 5.01. The number of thioether (sulfide) groups is 1. The summed E-state index contributed by atoms with van der Waals surface area (Å²) in [5, 5.41) is 0.876. The summed E-state index contributed by atoms with van der Waals surface area (Å²) in [5.74, 6) is 3.09. The van der Waals surface area contributed by atoms with E-state index in [1.807, 2.05) is 0 Å². The molecule has 3 aliphatic rings. The molecule has 2 heterocycles. The molecule has 2 N–H and O–H groups in total. The minimum atomic E-state index is 0.496. The fraction of sp³-hybridized carbons (Fsp3) is 1.00. The van der Waals surface area contributed by atoms with E-state index in [4.69, 9.17) is 5.73 Å². The molecule has 2 aliphatic heterocycles. The molecule has 92 valence electrons. The van der Waals surface area contributed by atoms with E-state index < -0.39 is 0 Å². The van der Waals surface area contributed by atoms with Crippen LogP contribution in [0, 0.1) is 11.8 Å². The number of fused-ring (bicyclic) bond motifs is 1. The van der Waals surface area contributed by atoms with Crippen LogP contribution >= 0.6 is 11.8 Å². The summed E-state index contributed by atoms with van der Waals surface area (Å²) >= 11 is 2.15. The third-order valence-electron chi connectivity index (χ3n) is 4.88. The van der Waals surface area contributed by atoms with E-state index in [2.05, 4.69) is 23.6 Å². The van der Waals surface area contributed by atoms with Gasteiger partial charge in [0.1, 0.15) is 0 Å². The van der Waals surface area contributed by atoms with Crippen molar-refractivity contribution in [2.75, 3.05) is 18.8 Å². The first kappa shape index (κ1) is 11.4. The molecular weight excluding hydrogens is 216 g/mol. The Hall–Kier alpha value is 0.270. The van der Waals surface area contributed by atoms with Gasteiger partial charge in [0.05, 0.1) is 0 Å². The van der Waals surface area contributed by atoms with Crippen LogP contribution in [0.4, 0.5) is 0 Å². The molecule has 3 heteroatoms. The summed E-state index contributed by atoms with van der Waals surface area (Å²) in [6.07, 6.45) is 5.47. The van der Waals surface area contributed by atoms with Crippen molar-refractivity contribution in [2.24, 2.45) is 17.6 Å². The maximum Gasteiger partial charge on any atom is 0.0197 e. The summed E-state index contributed by atoms with van der Waals surface area (Å²) in [4.78, 5) is 2.76. The smallest absolute Gasteiger partial charge is 0.0197 e. The lowest BCUT2D eigenvalue weighted by molar-refractivity contribution is 0.242. The second kappa shape index (κ2) is 4.51. The molecule has 0 aromatic carbocycles. The lowest BCUT2D eigenvalue weighted by Gasteiger charge is -2.30. The summed E-state index contributed by atoms with van der Waals surface area (Å²) in [6, 6.07) is 1.35. The third-order valence-corrected chi connectivity index (χ3v) is 6.21. The molecule has 0 amide bonds. The predicted octanol–water partition coefficient (Wildman–Crippen LogP) is 1.94. The van der Waals surface area contributed by atoms with E-state index in [9.17, 15) is 0 Å². The maximum absolute atomic E-state index is 6.28. The summed E-state index contributed by atoms with van der Waals surface area (Å²) < 4.78 is 0. The molecule has 3 fully saturated rings. The van der Waals surface area contributed by atoms with Gasteiger partial charge in [0.25, 0.3) is 0 Å². The highest BCUT2D eigenvalue weighted by molar-refractivity contribution is 8.00. The Balaban J connectivity index is 1.63. The van der Waals surface area contributed by atoms with E-state index in [0.29, 0.717) is 6.04 Å². The van der Waals surface area contributed by atoms with Gasteiger partial charge in [-0.15, -0.1) is 0 Å². The van der Waals surface area contributed by atoms with Gasteiger partial charge in [0.2, 0.25) is 0 Å². The molecule has 0 bridgehead atoms. The molecule has 1 saturated carbocycles. The first-order valence-corrected chi connectivity index (χ1v) is 7.90. The van der Waals surface area contributed by atoms with Crippen molar-refractivity contribution >= 4 is 11.8 Å². The van der Waals surface area contributed by atoms with Crippen LogP contribution in [0.25, 0.3) is 0 Å². The van der Waals surface area contributed by atoms with E-state index in [-0.39, 0.29) is 0 Å². The second-order valence-electron chi connectivity index (χ2n) is 6.01. The topological polar surface area (TPSA) is 29.3 Å². The predicted molar refractivity (Wildman–Crippen MR) is 70.7 cm³/mol. The zero-order valence-electron chi connectivity index (χ0n) is 10.3. The molecule has 1 aliphatic carbocycles. The number of hydrogen-bond acceptors (Lipinski definition) is 3. The van der Waals surface area contributed by atoms with Crippen LogP contribution in [0.15, 0.2) is 0 Å². The fourth-order valence-electron chi connectivity index (χ4n) is 3.90. The second-order valence-corrected chi connectivity index (χ2v) is 7.48. The highest BCUT2D eigenvalue weighted by Crippen LogP contribution is 2.39. The Morgan fingerprint density at radius 3 is 2.81 bits per heavy atom. The van der Waals surface area contributed by atoms with Crippen LogP contribution in [0.2, 0.25) is 0 Å². The van der Waals surface area contributed by atoms with E-state index in [1.165, 1.54) is 44.5 Å². The van der Waals surface area contributed by atoms with Crippen LogP contribution in [0.3, 0.4) is 0 Å². The number of hydrogen-bond donors (Lipinski definition) is 1. The van der Waals surface area contributed by atoms with Crippen molar-refractivity contribution in [3.63, 3.8) is 0 Å². The van der Waals surface area contributed by atoms with E-state index in [0.717, 1.165) is 23.1 Å². The Morgan fingerprint density at radius 2 is 2.12 bits per heavy atom. The van der Waals surface area contributed by atoms with E-state index in [1.54, 1.807) is 0 Å². The first-order chi connectivity index (χ1) is 7.74. The van der Waals surface area contributed by atoms with Gasteiger partial charge >= 0.3 is 0 Å². The van der Waals surface area contributed by atoms with Gasteiger partial charge in [-0.1, -0.05) is 13.3 Å². The number of nitrogens with zero attached hydrogens (tertiary/aromatic N) is 1. The van der Waals surface area contributed by atoms with Gasteiger partial charge in [0, 0.05) is 36.2 Å². The van der Waals surface area contributed by atoms with Gasteiger partial charge in [0.15, 0.2) is 0 Å². The van der Waals surface area contributed by atoms with Crippen LogP contribution in [0.1, 0.15) is 32.6 Å². The normalized spacial score (nSPS) is 49.5. The first-order valence-electron chi connectivity index (χ1n) is 6.85. The van der Waals surface area contributed by atoms with Crippen molar-refractivity contribution in [3.05, 3.63) is 0 Å². The monoisotopic (exact) mass is 240 g/mol. The van der Waals surface area contributed by atoms with Gasteiger partial charge in [-0.2, -0.15) is 11.8 Å². The third kappa shape index (κ3) is 2.02. The zero-order valence-corrected chi connectivity index (χ0v) is 11.1. The van der Waals surface area contributed by atoms with Crippen molar-refractivity contribution in [1.82, 2.24) is 4.90 Å². The summed E-state index contributed by atoms with van der Waals surface area (Å²) in [7, 11) is 0. The molecular formula is C13H24N2S. The van der Waals surface area contributed by atoms with Gasteiger partial charge in [-0.05, 0) is 31.1 Å². The highest BCUT2D eigenvalue weighted by Gasteiger charge is 2.41. The average Bonchev–Trinajstić information content (AvgIpc) is 2.84. The fourth-order valence-corrected chi connectivity index (χ4v) is 5.15. The molecule has 2 saturated heterocycles. The number of rotatable bonds is 1. The van der Waals surface area contributed by atoms with Crippen LogP contribution in [-0.4, -0.2) is 41.1 Å². The van der Waals surface area contributed by atoms with Gasteiger partial charge in [-0.3, -0.25) is 4.90 Å². The quantitative estimate of drug-likeness (QED) is 0.759. The lowest BCUT2D eigenvalue weighted by atomic mass is 9.78. The zero-order chi connectivity index (χ0) is 11.1. The van der Waals surface area contributed by atoms with Crippen molar-refractivity contribution in [3.8, 4) is 0 Å². The van der Waals surface area contributed by atoms with E-state index >= 15 is 0 Å². The molecule has 0 aromatic heterocycles. The van der Waals surface area contributed by atoms with Crippen molar-refractivity contribution in [2.45, 2.75) is 49.9 Å². The van der Waals surface area contributed by atoms with Crippen LogP contribution in [0.5, 0.6) is 0 Å². The Kier molecular flexibility index (Phi) is 3.20. The minimum absolute atomic E-state index is 0.496. The molecule has 2 nitrogen and oxygen atoms in total. The summed E-state index contributed by atoms with van der Waals surface area (Å²) in [5.41, 5.74) is 6.28. The Morgan fingerprint density at radius 1 is 1.25 bits per heavy atom. The van der Waals surface area contributed by atoms with Crippen molar-refractivity contribution < 1.29 is 0 Å². The molecule has 16 heavy (non-hydrogen) atoms. The lowest BCUT2D eigenvalue weighted by Crippen LogP contribution is -2.39. The maximum atomic E-state index is 6.28. The van der Waals surface area contributed by atoms with Crippen LogP contribution in [-0.2, 0) is 0 Å². The Labute approximate surface area is 103 Å². The molecule has 5 atom stereocenters. The van der Waals surface area contributed by atoms with Crippen LogP contribution < -0.4 is 5.73 Å². The largest absolute Gasteiger partial charge is 0.327 e. The molecule has 0 aromatic rings. The van der Waals surface area contributed by atoms with Gasteiger partial charge < -0.3 is 5.73 Å². The molecule has 5 unspecified atom stereocenters. The SMILES string of the molecule is CC1CC(N2CC3CCCC(N)C3C2)CS1. The highest BCUT2D eigenvalue weighted by atomic mass is 32.2. The van der Waals surface area contributed by atoms with Crippen molar-refractivity contribution in [1.29, 1.82) is 0 Å². The minimum Gasteiger partial charge on any atom is -0.327 e. The van der Waals surface area contributed by atoms with Gasteiger partial charge in [-0.25, -0.2) is 0 Å². The average molecular weight is 240 g/mol. The Bertz CT molecular complexity index is 258. The number of nitrogens with two attached hydrogens (primary N) is 1. The number of likely N-dealkylation sites (tertiary alicyclic amines) is 1.